The minimum absolute atomic E-state index is 0. The first-order valence-corrected chi connectivity index (χ1v) is 15.7. The molecule has 0 aliphatic carbocycles. The summed E-state index contributed by atoms with van der Waals surface area (Å²) in [7, 11) is -9.83. The second kappa shape index (κ2) is 14.8. The van der Waals surface area contributed by atoms with E-state index in [0.717, 1.165) is 28.8 Å². The van der Waals surface area contributed by atoms with Gasteiger partial charge >= 0.3 is 0 Å². The molecule has 0 aliphatic rings. The summed E-state index contributed by atoms with van der Waals surface area (Å²) in [6, 6.07) is 21.3. The first kappa shape index (κ1) is 37.4. The van der Waals surface area contributed by atoms with E-state index in [1.165, 1.54) is 18.2 Å². The molecule has 0 unspecified atom stereocenters. The van der Waals surface area contributed by atoms with E-state index in [1.54, 1.807) is 31.2 Å². The summed E-state index contributed by atoms with van der Waals surface area (Å²) < 4.78 is 66.9. The number of hydrogen-bond acceptors (Lipinski definition) is 10. The van der Waals surface area contributed by atoms with Crippen LogP contribution in [0.1, 0.15) is 11.1 Å². The van der Waals surface area contributed by atoms with Crippen LogP contribution in [0.3, 0.4) is 0 Å². The SMILES string of the molecule is Cc1cc(-c2ccc(N=Nc3c(O)ccc4cc(S(=O)(=O)O)cc(S(=O)(=O)O)c34)c(C)c2)ccc1N=Nc1ccc(O)cc1.[Na].[Na]. The number of hydrogen-bond donors (Lipinski definition) is 4. The van der Waals surface area contributed by atoms with Crippen LogP contribution in [0.25, 0.3) is 21.9 Å². The molecule has 46 heavy (non-hydrogen) atoms. The fourth-order valence-electron chi connectivity index (χ4n) is 4.45. The zero-order valence-corrected chi connectivity index (χ0v) is 30.7. The maximum absolute atomic E-state index is 12.2. The third-order valence-corrected chi connectivity index (χ3v) is 8.40. The maximum atomic E-state index is 12.2. The Hall–Kier alpha value is -3.02. The predicted octanol–water partition coefficient (Wildman–Crippen LogP) is 7.10. The van der Waals surface area contributed by atoms with Crippen LogP contribution >= 0.6 is 0 Å². The fraction of sp³-hybridized carbons (Fsp3) is 0.0667. The topological polar surface area (TPSA) is 199 Å². The Morgan fingerprint density at radius 1 is 0.587 bits per heavy atom. The van der Waals surface area contributed by atoms with E-state index in [0.29, 0.717) is 28.7 Å². The van der Waals surface area contributed by atoms with Crippen molar-refractivity contribution in [1.82, 2.24) is 0 Å². The van der Waals surface area contributed by atoms with Gasteiger partial charge in [0.15, 0.2) is 0 Å². The maximum Gasteiger partial charge on any atom is 0.295 e. The molecule has 5 rings (SSSR count). The molecule has 5 aromatic rings. The van der Waals surface area contributed by atoms with Crippen LogP contribution in [0.15, 0.2) is 115 Å². The van der Waals surface area contributed by atoms with Crippen LogP contribution in [0, 0.1) is 13.8 Å². The Morgan fingerprint density at radius 3 is 1.63 bits per heavy atom. The third kappa shape index (κ3) is 8.46. The molecule has 12 nitrogen and oxygen atoms in total. The second-order valence-electron chi connectivity index (χ2n) is 9.82. The average molecular weight is 679 g/mol. The normalized spacial score (nSPS) is 11.9. The van der Waals surface area contributed by atoms with Crippen LogP contribution < -0.4 is 0 Å². The largest absolute Gasteiger partial charge is 0.508 e. The molecule has 0 saturated heterocycles. The van der Waals surface area contributed by atoms with Crippen LogP contribution in [-0.2, 0) is 20.2 Å². The van der Waals surface area contributed by atoms with Gasteiger partial charge in [0.1, 0.15) is 22.1 Å². The monoisotopic (exact) mass is 678 g/mol. The Balaban J connectivity index is 0.00000288. The van der Waals surface area contributed by atoms with Crippen molar-refractivity contribution in [3.05, 3.63) is 96.1 Å². The number of aryl methyl sites for hydroxylation is 2. The summed E-state index contributed by atoms with van der Waals surface area (Å²) in [5.74, 6) is -0.333. The molecule has 2 radical (unpaired) electrons. The molecule has 0 amide bonds. The number of benzene rings is 5. The number of fused-ring (bicyclic) bond motifs is 1. The van der Waals surface area contributed by atoms with Crippen molar-refractivity contribution >= 4 is 113 Å². The van der Waals surface area contributed by atoms with Crippen LogP contribution in [0.4, 0.5) is 22.7 Å². The molecule has 0 aliphatic heterocycles. The van der Waals surface area contributed by atoms with Gasteiger partial charge in [-0.25, -0.2) is 0 Å². The van der Waals surface area contributed by atoms with Gasteiger partial charge in [-0.1, -0.05) is 18.2 Å². The van der Waals surface area contributed by atoms with Crippen molar-refractivity contribution in [2.24, 2.45) is 20.5 Å². The van der Waals surface area contributed by atoms with E-state index < -0.39 is 35.8 Å². The van der Waals surface area contributed by atoms with Crippen molar-refractivity contribution in [3.8, 4) is 22.6 Å². The molecule has 0 atom stereocenters. The standard InChI is InChI=1S/C30H24N4O8S2.2Na/c1-17-13-19(3-10-25(17)32-31-22-6-8-23(35)9-7-22)20-4-11-26(18(2)14-20)33-34-30-27(36)12-5-21-15-24(43(37,38)39)16-28(29(21)30)44(40,41)42;;/h3-16,35-36H,1-2H3,(H,37,38,39)(H,40,41,42);;. The zero-order valence-electron chi connectivity index (χ0n) is 25.1. The van der Waals surface area contributed by atoms with E-state index in [1.807, 2.05) is 31.2 Å². The zero-order chi connectivity index (χ0) is 31.8. The van der Waals surface area contributed by atoms with Gasteiger partial charge in [-0.3, -0.25) is 9.11 Å². The van der Waals surface area contributed by atoms with Gasteiger partial charge in [-0.05, 0) is 108 Å². The molecule has 0 heterocycles. The third-order valence-electron chi connectivity index (χ3n) is 6.69. The minimum Gasteiger partial charge on any atom is -0.508 e. The number of phenolic OH excluding ortho intramolecular Hbond substituents is 2. The smallest absolute Gasteiger partial charge is 0.295 e. The molecule has 0 aromatic heterocycles. The van der Waals surface area contributed by atoms with Crippen molar-refractivity contribution in [2.45, 2.75) is 23.6 Å². The summed E-state index contributed by atoms with van der Waals surface area (Å²) in [6.07, 6.45) is 0. The summed E-state index contributed by atoms with van der Waals surface area (Å²) in [6.45, 7) is 3.69. The number of rotatable bonds is 7. The molecule has 5 aromatic carbocycles. The molecular weight excluding hydrogens is 654 g/mol. The number of phenols is 2. The first-order valence-electron chi connectivity index (χ1n) is 12.8. The Bertz CT molecular complexity index is 2230. The van der Waals surface area contributed by atoms with Crippen molar-refractivity contribution in [2.75, 3.05) is 0 Å². The van der Waals surface area contributed by atoms with Crippen molar-refractivity contribution in [1.29, 1.82) is 0 Å². The molecule has 16 heteroatoms. The van der Waals surface area contributed by atoms with Crippen molar-refractivity contribution in [3.63, 3.8) is 0 Å². The molecule has 0 spiro atoms. The van der Waals surface area contributed by atoms with E-state index in [-0.39, 0.29) is 81.3 Å². The quantitative estimate of drug-likeness (QED) is 0.0793. The van der Waals surface area contributed by atoms with Crippen LogP contribution in [0.5, 0.6) is 11.5 Å². The van der Waals surface area contributed by atoms with E-state index in [4.69, 9.17) is 0 Å². The van der Waals surface area contributed by atoms with Gasteiger partial charge in [-0.2, -0.15) is 32.2 Å². The average Bonchev–Trinajstić information content (AvgIpc) is 2.96. The second-order valence-corrected chi connectivity index (χ2v) is 12.6. The fourth-order valence-corrected chi connectivity index (χ4v) is 5.82. The van der Waals surface area contributed by atoms with Gasteiger partial charge in [-0.15, -0.1) is 5.11 Å². The van der Waals surface area contributed by atoms with Gasteiger partial charge < -0.3 is 10.2 Å². The van der Waals surface area contributed by atoms with E-state index in [9.17, 15) is 36.2 Å². The number of azo groups is 2. The minimum atomic E-state index is -5.02. The molecule has 0 saturated carbocycles. The predicted molar refractivity (Wildman–Crippen MR) is 175 cm³/mol. The summed E-state index contributed by atoms with van der Waals surface area (Å²) in [4.78, 5) is -1.64. The van der Waals surface area contributed by atoms with E-state index >= 15 is 0 Å². The summed E-state index contributed by atoms with van der Waals surface area (Å²) >= 11 is 0. The molecular formula is C30H24N4Na2O8S2. The van der Waals surface area contributed by atoms with E-state index in [2.05, 4.69) is 20.5 Å². The van der Waals surface area contributed by atoms with Gasteiger partial charge in [0.25, 0.3) is 20.2 Å². The van der Waals surface area contributed by atoms with Crippen LogP contribution in [0.2, 0.25) is 0 Å². The molecule has 226 valence electrons. The summed E-state index contributed by atoms with van der Waals surface area (Å²) in [5.41, 5.74) is 4.68. The molecule has 0 fully saturated rings. The van der Waals surface area contributed by atoms with Gasteiger partial charge in [0, 0.05) is 64.5 Å². The van der Waals surface area contributed by atoms with Crippen molar-refractivity contribution < 1.29 is 36.2 Å². The molecule has 4 N–H and O–H groups in total. The number of nitrogens with zero attached hydrogens (tertiary/aromatic N) is 4. The Morgan fingerprint density at radius 2 is 1.13 bits per heavy atom. The summed E-state index contributed by atoms with van der Waals surface area (Å²) in [5, 5.41) is 36.3. The number of aromatic hydroxyl groups is 2. The van der Waals surface area contributed by atoms with Crippen LogP contribution in [-0.4, -0.2) is 95.3 Å². The Labute approximate surface area is 309 Å². The van der Waals surface area contributed by atoms with Gasteiger partial charge in [0.05, 0.1) is 22.0 Å². The first-order chi connectivity index (χ1) is 20.7. The Kier molecular flexibility index (Phi) is 12.1. The molecule has 0 bridgehead atoms. The van der Waals surface area contributed by atoms with Gasteiger partial charge in [0.2, 0.25) is 0 Å².